The molecule has 2 aromatic carbocycles. The number of halogens is 1. The van der Waals surface area contributed by atoms with Gasteiger partial charge in [0.15, 0.2) is 6.61 Å². The van der Waals surface area contributed by atoms with Gasteiger partial charge in [-0.3, -0.25) is 14.5 Å². The maximum absolute atomic E-state index is 12.8. The third-order valence-corrected chi connectivity index (χ3v) is 5.20. The fourth-order valence-corrected chi connectivity index (χ4v) is 3.70. The van der Waals surface area contributed by atoms with Gasteiger partial charge in [-0.2, -0.15) is 0 Å². The van der Waals surface area contributed by atoms with Crippen LogP contribution in [0.1, 0.15) is 12.5 Å². The van der Waals surface area contributed by atoms with Crippen molar-refractivity contribution in [1.82, 2.24) is 4.72 Å². The molecule has 0 bridgehead atoms. The fraction of sp³-hybridized carbons (Fsp3) is 0.167. The molecule has 28 heavy (non-hydrogen) atoms. The minimum Gasteiger partial charge on any atom is -0.454 e. The zero-order valence-electron chi connectivity index (χ0n) is 14.7. The van der Waals surface area contributed by atoms with Crippen molar-refractivity contribution in [2.75, 3.05) is 11.9 Å². The van der Waals surface area contributed by atoms with Gasteiger partial charge in [-0.05, 0) is 43.3 Å². The number of amides is 1. The first-order chi connectivity index (χ1) is 13.3. The lowest BCUT2D eigenvalue weighted by Crippen LogP contribution is -2.28. The van der Waals surface area contributed by atoms with Crippen molar-refractivity contribution in [3.05, 3.63) is 59.9 Å². The van der Waals surface area contributed by atoms with Gasteiger partial charge in [0.25, 0.3) is 15.9 Å². The third kappa shape index (κ3) is 4.34. The van der Waals surface area contributed by atoms with Gasteiger partial charge in [0.1, 0.15) is 17.7 Å². The summed E-state index contributed by atoms with van der Waals surface area (Å²) in [6.45, 7) is 0.857. The normalized spacial score (nSPS) is 16.7. The SMILES string of the molecule is C[C@@H](N=C1NS(=O)(=O)c2ccccc21)C(=O)OCC(=O)Nc1ccc(F)cc1. The number of carbonyl (C=O) groups excluding carboxylic acids is 2. The van der Waals surface area contributed by atoms with Crippen molar-refractivity contribution < 1.29 is 27.1 Å². The Labute approximate surface area is 160 Å². The first-order valence-corrected chi connectivity index (χ1v) is 9.66. The molecule has 0 fully saturated rings. The summed E-state index contributed by atoms with van der Waals surface area (Å²) in [6.07, 6.45) is 0. The van der Waals surface area contributed by atoms with Crippen LogP contribution in [-0.4, -0.2) is 38.8 Å². The van der Waals surface area contributed by atoms with Gasteiger partial charge >= 0.3 is 5.97 Å². The van der Waals surface area contributed by atoms with Crippen LogP contribution in [-0.2, 0) is 24.3 Å². The Bertz CT molecular complexity index is 1050. The number of carbonyl (C=O) groups is 2. The largest absolute Gasteiger partial charge is 0.454 e. The monoisotopic (exact) mass is 405 g/mol. The smallest absolute Gasteiger partial charge is 0.331 e. The number of benzene rings is 2. The second kappa shape index (κ2) is 7.77. The zero-order valence-corrected chi connectivity index (χ0v) is 15.5. The van der Waals surface area contributed by atoms with E-state index >= 15 is 0 Å². The zero-order chi connectivity index (χ0) is 20.3. The molecule has 1 atom stereocenters. The molecule has 1 aliphatic heterocycles. The van der Waals surface area contributed by atoms with E-state index in [9.17, 15) is 22.4 Å². The first-order valence-electron chi connectivity index (χ1n) is 8.18. The molecular formula is C18H16FN3O5S. The number of nitrogens with one attached hydrogen (secondary N) is 2. The Morgan fingerprint density at radius 3 is 2.57 bits per heavy atom. The lowest BCUT2D eigenvalue weighted by molar-refractivity contribution is -0.148. The maximum atomic E-state index is 12.8. The molecular weight excluding hydrogens is 389 g/mol. The van der Waals surface area contributed by atoms with Crippen molar-refractivity contribution in [3.63, 3.8) is 0 Å². The molecule has 0 spiro atoms. The maximum Gasteiger partial charge on any atom is 0.331 e. The van der Waals surface area contributed by atoms with Crippen LogP contribution in [0.5, 0.6) is 0 Å². The number of esters is 1. The van der Waals surface area contributed by atoms with Crippen LogP contribution in [0.2, 0.25) is 0 Å². The van der Waals surface area contributed by atoms with Crippen LogP contribution in [0.3, 0.4) is 0 Å². The predicted molar refractivity (Wildman–Crippen MR) is 98.8 cm³/mol. The molecule has 0 aromatic heterocycles. The van der Waals surface area contributed by atoms with Gasteiger partial charge in [-0.25, -0.2) is 17.6 Å². The number of aliphatic imine (C=N–C) groups is 1. The topological polar surface area (TPSA) is 114 Å². The molecule has 2 aromatic rings. The van der Waals surface area contributed by atoms with Crippen molar-refractivity contribution in [1.29, 1.82) is 0 Å². The van der Waals surface area contributed by atoms with Crippen molar-refractivity contribution >= 4 is 33.4 Å². The summed E-state index contributed by atoms with van der Waals surface area (Å²) in [5.74, 6) is -1.81. The fourth-order valence-electron chi connectivity index (χ4n) is 2.46. The molecule has 0 unspecified atom stereocenters. The number of rotatable bonds is 5. The number of amidine groups is 1. The molecule has 2 N–H and O–H groups in total. The molecule has 0 saturated heterocycles. The van der Waals surface area contributed by atoms with E-state index < -0.39 is 40.4 Å². The second-order valence-corrected chi connectivity index (χ2v) is 7.57. The Morgan fingerprint density at radius 1 is 1.18 bits per heavy atom. The average molecular weight is 405 g/mol. The second-order valence-electron chi connectivity index (χ2n) is 5.92. The van der Waals surface area contributed by atoms with Gasteiger partial charge in [-0.1, -0.05) is 12.1 Å². The summed E-state index contributed by atoms with van der Waals surface area (Å²) < 4.78 is 44.1. The molecule has 10 heteroatoms. The highest BCUT2D eigenvalue weighted by Gasteiger charge is 2.31. The number of ether oxygens (including phenoxy) is 1. The Balaban J connectivity index is 1.60. The number of hydrogen-bond acceptors (Lipinski definition) is 6. The van der Waals surface area contributed by atoms with Crippen LogP contribution in [0.15, 0.2) is 58.4 Å². The van der Waals surface area contributed by atoms with Gasteiger partial charge in [0.05, 0.1) is 4.90 Å². The number of anilines is 1. The Morgan fingerprint density at radius 2 is 1.86 bits per heavy atom. The lowest BCUT2D eigenvalue weighted by atomic mass is 10.2. The standard InChI is InChI=1S/C18H16FN3O5S/c1-11(20-17-14-4-2-3-5-15(14)28(25,26)22-17)18(24)27-10-16(23)21-13-8-6-12(19)7-9-13/h2-9,11H,10H2,1H3,(H,20,22)(H,21,23)/t11-/m1/s1. The highest BCUT2D eigenvalue weighted by molar-refractivity contribution is 7.90. The number of fused-ring (bicyclic) bond motifs is 1. The predicted octanol–water partition coefficient (Wildman–Crippen LogP) is 1.43. The summed E-state index contributed by atoms with van der Waals surface area (Å²) in [4.78, 5) is 28.0. The minimum absolute atomic E-state index is 0.0378. The third-order valence-electron chi connectivity index (χ3n) is 3.80. The van der Waals surface area contributed by atoms with Crippen molar-refractivity contribution in [3.8, 4) is 0 Å². The molecule has 1 amide bonds. The Kier molecular flexibility index (Phi) is 5.41. The molecule has 146 valence electrons. The van der Waals surface area contributed by atoms with Gasteiger partial charge < -0.3 is 10.1 Å². The highest BCUT2D eigenvalue weighted by Crippen LogP contribution is 2.22. The summed E-state index contributed by atoms with van der Waals surface area (Å²) in [5, 5.41) is 2.45. The van der Waals surface area contributed by atoms with Gasteiger partial charge in [0, 0.05) is 11.3 Å². The molecule has 1 aliphatic rings. The molecule has 0 saturated carbocycles. The number of sulfonamides is 1. The first kappa shape index (κ1) is 19.5. The summed E-state index contributed by atoms with van der Waals surface area (Å²) >= 11 is 0. The summed E-state index contributed by atoms with van der Waals surface area (Å²) in [6, 6.07) is 10.3. The van der Waals surface area contributed by atoms with Crippen LogP contribution >= 0.6 is 0 Å². The summed E-state index contributed by atoms with van der Waals surface area (Å²) in [5.41, 5.74) is 0.712. The van der Waals surface area contributed by atoms with Crippen LogP contribution in [0.25, 0.3) is 0 Å². The van der Waals surface area contributed by atoms with Crippen LogP contribution in [0.4, 0.5) is 10.1 Å². The van der Waals surface area contributed by atoms with E-state index in [4.69, 9.17) is 4.74 Å². The van der Waals surface area contributed by atoms with Crippen molar-refractivity contribution in [2.45, 2.75) is 17.9 Å². The molecule has 8 nitrogen and oxygen atoms in total. The number of nitrogens with zero attached hydrogens (tertiary/aromatic N) is 1. The average Bonchev–Trinajstić information content (AvgIpc) is 2.92. The summed E-state index contributed by atoms with van der Waals surface area (Å²) in [7, 11) is -3.71. The van der Waals surface area contributed by atoms with E-state index in [1.807, 2.05) is 0 Å². The Hall–Kier alpha value is -3.27. The molecule has 1 heterocycles. The van der Waals surface area contributed by atoms with Gasteiger partial charge in [-0.15, -0.1) is 0 Å². The van der Waals surface area contributed by atoms with Crippen molar-refractivity contribution in [2.24, 2.45) is 4.99 Å². The molecule has 0 aliphatic carbocycles. The molecule has 3 rings (SSSR count). The van der Waals surface area contributed by atoms with Gasteiger partial charge in [0.2, 0.25) is 0 Å². The van der Waals surface area contributed by atoms with E-state index in [-0.39, 0.29) is 10.7 Å². The minimum atomic E-state index is -3.71. The van der Waals surface area contributed by atoms with E-state index in [1.54, 1.807) is 18.2 Å². The highest BCUT2D eigenvalue weighted by atomic mass is 32.2. The van der Waals surface area contributed by atoms with E-state index in [2.05, 4.69) is 15.0 Å². The van der Waals surface area contributed by atoms with E-state index in [1.165, 1.54) is 37.3 Å². The molecule has 0 radical (unpaired) electrons. The lowest BCUT2D eigenvalue weighted by Gasteiger charge is -2.09. The quantitative estimate of drug-likeness (QED) is 0.731. The number of hydrogen-bond donors (Lipinski definition) is 2. The van der Waals surface area contributed by atoms with Crippen LogP contribution in [0, 0.1) is 5.82 Å². The van der Waals surface area contributed by atoms with E-state index in [0.29, 0.717) is 11.3 Å². The van der Waals surface area contributed by atoms with Crippen LogP contribution < -0.4 is 10.0 Å². The van der Waals surface area contributed by atoms with E-state index in [0.717, 1.165) is 0 Å².